The summed E-state index contributed by atoms with van der Waals surface area (Å²) in [5.41, 5.74) is 0.367. The average molecular weight is 289 g/mol. The number of aliphatic hydroxyl groups excluding tert-OH is 1. The largest absolute Gasteiger partial charge is 0.466 e. The molecule has 0 aliphatic carbocycles. The molecule has 0 aliphatic heterocycles. The number of esters is 1. The van der Waals surface area contributed by atoms with Crippen LogP contribution in [0.5, 0.6) is 0 Å². The van der Waals surface area contributed by atoms with Crippen molar-refractivity contribution in [3.63, 3.8) is 0 Å². The van der Waals surface area contributed by atoms with Gasteiger partial charge in [-0.1, -0.05) is 24.9 Å². The highest BCUT2D eigenvalue weighted by Gasteiger charge is 2.13. The van der Waals surface area contributed by atoms with Gasteiger partial charge in [-0.25, -0.2) is 4.39 Å². The normalized spacial score (nSPS) is 12.2. The molecule has 1 rings (SSSR count). The van der Waals surface area contributed by atoms with Gasteiger partial charge >= 0.3 is 5.97 Å². The Bertz CT molecular complexity index is 403. The van der Waals surface area contributed by atoms with Gasteiger partial charge < -0.3 is 9.84 Å². The molecule has 0 heterocycles. The molecular weight excluding hydrogens is 271 g/mol. The van der Waals surface area contributed by atoms with E-state index in [1.165, 1.54) is 12.1 Å². The molecule has 0 spiro atoms. The molecule has 0 aromatic heterocycles. The fraction of sp³-hybridized carbons (Fsp3) is 0.500. The lowest BCUT2D eigenvalue weighted by atomic mass is 10.0. The van der Waals surface area contributed by atoms with Crippen molar-refractivity contribution in [3.05, 3.63) is 34.6 Å². The summed E-state index contributed by atoms with van der Waals surface area (Å²) in [5.74, 6) is -0.859. The predicted octanol–water partition coefficient (Wildman–Crippen LogP) is 3.64. The third kappa shape index (κ3) is 6.03. The minimum Gasteiger partial charge on any atom is -0.466 e. The molecule has 106 valence electrons. The lowest BCUT2D eigenvalue weighted by Gasteiger charge is -2.11. The Morgan fingerprint density at radius 2 is 2.21 bits per heavy atom. The molecule has 0 amide bonds. The molecule has 1 aromatic rings. The van der Waals surface area contributed by atoms with Gasteiger partial charge in [-0.05, 0) is 36.6 Å². The molecule has 19 heavy (non-hydrogen) atoms. The van der Waals surface area contributed by atoms with Crippen LogP contribution in [0.2, 0.25) is 5.02 Å². The molecule has 1 N–H and O–H groups in total. The van der Waals surface area contributed by atoms with Gasteiger partial charge in [0.25, 0.3) is 0 Å². The van der Waals surface area contributed by atoms with Crippen LogP contribution in [0.1, 0.15) is 44.3 Å². The van der Waals surface area contributed by atoms with Gasteiger partial charge in [0.1, 0.15) is 5.82 Å². The zero-order valence-corrected chi connectivity index (χ0v) is 11.6. The maximum absolute atomic E-state index is 13.1. The number of carbonyl (C=O) groups excluding carboxylic acids is 1. The van der Waals surface area contributed by atoms with Crippen molar-refractivity contribution in [1.82, 2.24) is 0 Å². The molecule has 0 bridgehead atoms. The van der Waals surface area contributed by atoms with Crippen LogP contribution in [-0.4, -0.2) is 17.7 Å². The molecule has 1 unspecified atom stereocenters. The van der Waals surface area contributed by atoms with E-state index in [0.29, 0.717) is 12.2 Å². The molecule has 0 saturated carbocycles. The summed E-state index contributed by atoms with van der Waals surface area (Å²) in [6, 6.07) is 3.85. The van der Waals surface area contributed by atoms with Gasteiger partial charge in [-0.15, -0.1) is 0 Å². The second-order valence-corrected chi connectivity index (χ2v) is 4.77. The lowest BCUT2D eigenvalue weighted by Crippen LogP contribution is -2.08. The van der Waals surface area contributed by atoms with Crippen LogP contribution in [0.15, 0.2) is 18.2 Å². The van der Waals surface area contributed by atoms with Crippen molar-refractivity contribution >= 4 is 17.6 Å². The van der Waals surface area contributed by atoms with Crippen molar-refractivity contribution in [1.29, 1.82) is 0 Å². The van der Waals surface area contributed by atoms with E-state index in [1.807, 2.05) is 6.92 Å². The van der Waals surface area contributed by atoms with Crippen molar-refractivity contribution < 1.29 is 19.0 Å². The third-order valence-electron chi connectivity index (χ3n) is 2.65. The number of halogens is 2. The van der Waals surface area contributed by atoms with Crippen LogP contribution in [-0.2, 0) is 9.53 Å². The Kier molecular flexibility index (Phi) is 6.81. The Balaban J connectivity index is 2.42. The van der Waals surface area contributed by atoms with E-state index in [2.05, 4.69) is 0 Å². The fourth-order valence-electron chi connectivity index (χ4n) is 1.59. The number of rotatable bonds is 7. The molecule has 0 saturated heterocycles. The van der Waals surface area contributed by atoms with Crippen LogP contribution in [0.3, 0.4) is 0 Å². The van der Waals surface area contributed by atoms with Gasteiger partial charge in [0, 0.05) is 11.4 Å². The number of hydrogen-bond acceptors (Lipinski definition) is 3. The number of aliphatic hydroxyl groups is 1. The standard InChI is InChI=1S/C14H18ClFO3/c1-2-3-6-19-14(18)5-4-13(17)10-7-11(15)9-12(16)8-10/h7-9,13,17H,2-6H2,1H3. The highest BCUT2D eigenvalue weighted by atomic mass is 35.5. The van der Waals surface area contributed by atoms with Crippen LogP contribution in [0.4, 0.5) is 4.39 Å². The summed E-state index contributed by atoms with van der Waals surface area (Å²) in [4.78, 5) is 11.4. The van der Waals surface area contributed by atoms with Gasteiger partial charge in [-0.3, -0.25) is 4.79 Å². The first-order chi connectivity index (χ1) is 9.02. The summed E-state index contributed by atoms with van der Waals surface area (Å²) in [6.07, 6.45) is 1.14. The maximum atomic E-state index is 13.1. The van der Waals surface area contributed by atoms with E-state index in [1.54, 1.807) is 0 Å². The van der Waals surface area contributed by atoms with Gasteiger partial charge in [0.05, 0.1) is 12.7 Å². The highest BCUT2D eigenvalue weighted by Crippen LogP contribution is 2.23. The molecule has 0 radical (unpaired) electrons. The van der Waals surface area contributed by atoms with Gasteiger partial charge in [-0.2, -0.15) is 0 Å². The van der Waals surface area contributed by atoms with E-state index < -0.39 is 11.9 Å². The first-order valence-corrected chi connectivity index (χ1v) is 6.70. The maximum Gasteiger partial charge on any atom is 0.305 e. The Morgan fingerprint density at radius 3 is 2.84 bits per heavy atom. The highest BCUT2D eigenvalue weighted by molar-refractivity contribution is 6.30. The quantitative estimate of drug-likeness (QED) is 0.615. The third-order valence-corrected chi connectivity index (χ3v) is 2.87. The molecule has 5 heteroatoms. The Labute approximate surface area is 117 Å². The molecular formula is C14H18ClFO3. The molecule has 1 aromatic carbocycles. The fourth-order valence-corrected chi connectivity index (χ4v) is 1.82. The predicted molar refractivity (Wildman–Crippen MR) is 71.5 cm³/mol. The Hall–Kier alpha value is -1.13. The number of hydrogen-bond donors (Lipinski definition) is 1. The van der Waals surface area contributed by atoms with Crippen LogP contribution >= 0.6 is 11.6 Å². The van der Waals surface area contributed by atoms with Crippen LogP contribution in [0.25, 0.3) is 0 Å². The minimum absolute atomic E-state index is 0.0962. The number of unbranched alkanes of at least 4 members (excludes halogenated alkanes) is 1. The summed E-state index contributed by atoms with van der Waals surface area (Å²) in [6.45, 7) is 2.41. The zero-order chi connectivity index (χ0) is 14.3. The van der Waals surface area contributed by atoms with Crippen molar-refractivity contribution in [2.24, 2.45) is 0 Å². The number of carbonyl (C=O) groups is 1. The van der Waals surface area contributed by atoms with E-state index in [9.17, 15) is 14.3 Å². The van der Waals surface area contributed by atoms with E-state index >= 15 is 0 Å². The lowest BCUT2D eigenvalue weighted by molar-refractivity contribution is -0.144. The summed E-state index contributed by atoms with van der Waals surface area (Å²) in [7, 11) is 0. The van der Waals surface area contributed by atoms with Crippen molar-refractivity contribution in [3.8, 4) is 0 Å². The first-order valence-electron chi connectivity index (χ1n) is 6.32. The topological polar surface area (TPSA) is 46.5 Å². The second kappa shape index (κ2) is 8.12. The molecule has 0 fully saturated rings. The molecule has 0 aliphatic rings. The summed E-state index contributed by atoms with van der Waals surface area (Å²) < 4.78 is 18.1. The van der Waals surface area contributed by atoms with Gasteiger partial charge in [0.2, 0.25) is 0 Å². The van der Waals surface area contributed by atoms with Crippen LogP contribution < -0.4 is 0 Å². The van der Waals surface area contributed by atoms with Gasteiger partial charge in [0.15, 0.2) is 0 Å². The summed E-state index contributed by atoms with van der Waals surface area (Å²) >= 11 is 5.70. The monoisotopic (exact) mass is 288 g/mol. The summed E-state index contributed by atoms with van der Waals surface area (Å²) in [5, 5.41) is 10.1. The molecule has 1 atom stereocenters. The average Bonchev–Trinajstić information content (AvgIpc) is 2.35. The minimum atomic E-state index is -0.924. The smallest absolute Gasteiger partial charge is 0.305 e. The number of benzene rings is 1. The Morgan fingerprint density at radius 1 is 1.47 bits per heavy atom. The first kappa shape index (κ1) is 15.9. The van der Waals surface area contributed by atoms with E-state index in [0.717, 1.165) is 18.9 Å². The van der Waals surface area contributed by atoms with Crippen molar-refractivity contribution in [2.75, 3.05) is 6.61 Å². The van der Waals surface area contributed by atoms with E-state index in [4.69, 9.17) is 16.3 Å². The SMILES string of the molecule is CCCCOC(=O)CCC(O)c1cc(F)cc(Cl)c1. The van der Waals surface area contributed by atoms with Crippen LogP contribution in [0, 0.1) is 5.82 Å². The zero-order valence-electron chi connectivity index (χ0n) is 10.9. The van der Waals surface area contributed by atoms with Crippen molar-refractivity contribution in [2.45, 2.75) is 38.7 Å². The number of ether oxygens (including phenoxy) is 1. The van der Waals surface area contributed by atoms with E-state index in [-0.39, 0.29) is 23.8 Å². The molecule has 3 nitrogen and oxygen atoms in total. The second-order valence-electron chi connectivity index (χ2n) is 4.33.